The molecule has 0 saturated carbocycles. The minimum Gasteiger partial charge on any atom is -0.394 e. The molecule has 1 N–H and O–H groups in total. The van der Waals surface area contributed by atoms with Crippen molar-refractivity contribution in [1.29, 1.82) is 0 Å². The largest absolute Gasteiger partial charge is 0.394 e. The Kier molecular flexibility index (Phi) is 11.7. The molecule has 0 aromatic rings. The predicted molar refractivity (Wildman–Crippen MR) is 56.0 cm³/mol. The summed E-state index contributed by atoms with van der Waals surface area (Å²) in [6.45, 7) is 5.11. The van der Waals surface area contributed by atoms with Gasteiger partial charge in [-0.05, 0) is 6.92 Å². The van der Waals surface area contributed by atoms with Crippen LogP contribution >= 0.6 is 0 Å². The van der Waals surface area contributed by atoms with Crippen molar-refractivity contribution in [3.8, 4) is 0 Å². The molecule has 0 heterocycles. The van der Waals surface area contributed by atoms with Gasteiger partial charge in [0, 0.05) is 7.11 Å². The van der Waals surface area contributed by atoms with Gasteiger partial charge in [0.25, 0.3) is 0 Å². The molecule has 0 radical (unpaired) electrons. The highest BCUT2D eigenvalue weighted by atomic mass is 16.6. The lowest BCUT2D eigenvalue weighted by Gasteiger charge is -2.10. The van der Waals surface area contributed by atoms with Crippen LogP contribution in [0.1, 0.15) is 6.92 Å². The summed E-state index contributed by atoms with van der Waals surface area (Å²) in [5, 5.41) is 8.42. The van der Waals surface area contributed by atoms with Crippen molar-refractivity contribution >= 4 is 0 Å². The Bertz CT molecular complexity index is 120. The fourth-order valence-electron chi connectivity index (χ4n) is 0.822. The van der Waals surface area contributed by atoms with Gasteiger partial charge < -0.3 is 24.1 Å². The molecule has 5 heteroatoms. The summed E-state index contributed by atoms with van der Waals surface area (Å²) in [6, 6.07) is 0. The molecule has 1 unspecified atom stereocenters. The second-order valence-electron chi connectivity index (χ2n) is 3.07. The van der Waals surface area contributed by atoms with Crippen molar-refractivity contribution < 1.29 is 24.1 Å². The van der Waals surface area contributed by atoms with Crippen molar-refractivity contribution in [2.24, 2.45) is 0 Å². The van der Waals surface area contributed by atoms with Gasteiger partial charge in [0.2, 0.25) is 0 Å². The molecule has 1 atom stereocenters. The van der Waals surface area contributed by atoms with E-state index in [9.17, 15) is 0 Å². The maximum Gasteiger partial charge on any atom is 0.0776 e. The van der Waals surface area contributed by atoms with Gasteiger partial charge in [0.05, 0.1) is 52.4 Å². The third-order valence-corrected chi connectivity index (χ3v) is 1.73. The van der Waals surface area contributed by atoms with Gasteiger partial charge in [0.1, 0.15) is 0 Å². The number of methoxy groups -OCH3 is 1. The normalized spacial score (nSPS) is 13.0. The quantitative estimate of drug-likeness (QED) is 0.501. The van der Waals surface area contributed by atoms with E-state index in [1.807, 2.05) is 6.92 Å². The fourth-order valence-corrected chi connectivity index (χ4v) is 0.822. The van der Waals surface area contributed by atoms with Crippen LogP contribution in [-0.2, 0) is 18.9 Å². The van der Waals surface area contributed by atoms with E-state index in [0.29, 0.717) is 39.6 Å². The summed E-state index contributed by atoms with van der Waals surface area (Å²) < 4.78 is 20.5. The maximum atomic E-state index is 8.42. The highest BCUT2D eigenvalue weighted by Crippen LogP contribution is 1.88. The van der Waals surface area contributed by atoms with Gasteiger partial charge >= 0.3 is 0 Å². The Morgan fingerprint density at radius 2 is 1.47 bits per heavy atom. The van der Waals surface area contributed by atoms with Crippen LogP contribution in [0, 0.1) is 0 Å². The molecule has 0 aliphatic heterocycles. The lowest BCUT2D eigenvalue weighted by atomic mass is 10.4. The molecule has 0 bridgehead atoms. The lowest BCUT2D eigenvalue weighted by Crippen LogP contribution is -2.17. The van der Waals surface area contributed by atoms with E-state index >= 15 is 0 Å². The first-order valence-electron chi connectivity index (χ1n) is 5.18. The van der Waals surface area contributed by atoms with Gasteiger partial charge in [-0.15, -0.1) is 0 Å². The first-order chi connectivity index (χ1) is 7.31. The average Bonchev–Trinajstić information content (AvgIpc) is 2.26. The summed E-state index contributed by atoms with van der Waals surface area (Å²) >= 11 is 0. The number of hydrogen-bond acceptors (Lipinski definition) is 5. The molecule has 0 aromatic heterocycles. The minimum absolute atomic E-state index is 0.0536. The molecule has 5 nitrogen and oxygen atoms in total. The van der Waals surface area contributed by atoms with Crippen LogP contribution in [0.15, 0.2) is 0 Å². The molecule has 0 aliphatic carbocycles. The molecule has 0 amide bonds. The third-order valence-electron chi connectivity index (χ3n) is 1.73. The summed E-state index contributed by atoms with van der Waals surface area (Å²) in [6.07, 6.45) is 0.123. The van der Waals surface area contributed by atoms with Crippen LogP contribution in [0.5, 0.6) is 0 Å². The van der Waals surface area contributed by atoms with Crippen molar-refractivity contribution in [2.75, 3.05) is 53.4 Å². The topological polar surface area (TPSA) is 57.2 Å². The van der Waals surface area contributed by atoms with Crippen LogP contribution in [0.4, 0.5) is 0 Å². The molecule has 92 valence electrons. The molecule has 0 aliphatic rings. The van der Waals surface area contributed by atoms with Gasteiger partial charge in [-0.25, -0.2) is 0 Å². The summed E-state index contributed by atoms with van der Waals surface area (Å²) in [7, 11) is 1.66. The number of aliphatic hydroxyl groups excluding tert-OH is 1. The van der Waals surface area contributed by atoms with Gasteiger partial charge in [-0.1, -0.05) is 0 Å². The molecular weight excluding hydrogens is 200 g/mol. The SMILES string of the molecule is COC(C)COCCOCCOCCO. The van der Waals surface area contributed by atoms with Crippen molar-refractivity contribution in [1.82, 2.24) is 0 Å². The molecule has 0 aromatic carbocycles. The van der Waals surface area contributed by atoms with Crippen LogP contribution in [-0.4, -0.2) is 64.6 Å². The maximum absolute atomic E-state index is 8.42. The number of aliphatic hydroxyl groups is 1. The first kappa shape index (κ1) is 14.8. The number of rotatable bonds is 11. The summed E-state index contributed by atoms with van der Waals surface area (Å²) in [5.41, 5.74) is 0. The van der Waals surface area contributed by atoms with Crippen molar-refractivity contribution in [3.05, 3.63) is 0 Å². The van der Waals surface area contributed by atoms with Crippen LogP contribution in [0.3, 0.4) is 0 Å². The van der Waals surface area contributed by atoms with Crippen LogP contribution in [0.2, 0.25) is 0 Å². The molecular formula is C10H22O5. The second kappa shape index (κ2) is 11.9. The van der Waals surface area contributed by atoms with E-state index in [0.717, 1.165) is 0 Å². The molecule has 0 rings (SSSR count). The van der Waals surface area contributed by atoms with E-state index in [-0.39, 0.29) is 12.7 Å². The Balaban J connectivity index is 2.92. The molecule has 0 fully saturated rings. The fraction of sp³-hybridized carbons (Fsp3) is 1.00. The lowest BCUT2D eigenvalue weighted by molar-refractivity contribution is -0.0185. The average molecular weight is 222 g/mol. The van der Waals surface area contributed by atoms with Gasteiger partial charge in [0.15, 0.2) is 0 Å². The zero-order valence-corrected chi connectivity index (χ0v) is 9.61. The van der Waals surface area contributed by atoms with E-state index in [1.54, 1.807) is 7.11 Å². The molecule has 0 spiro atoms. The highest BCUT2D eigenvalue weighted by Gasteiger charge is 1.98. The molecule has 15 heavy (non-hydrogen) atoms. The molecule has 0 saturated heterocycles. The Hall–Kier alpha value is -0.200. The predicted octanol–water partition coefficient (Wildman–Crippen LogP) is 0.0634. The van der Waals surface area contributed by atoms with Crippen LogP contribution < -0.4 is 0 Å². The summed E-state index contributed by atoms with van der Waals surface area (Å²) in [5.74, 6) is 0. The van der Waals surface area contributed by atoms with Gasteiger partial charge in [-0.2, -0.15) is 0 Å². The standard InChI is InChI=1S/C10H22O5/c1-10(12-2)9-15-8-7-14-6-5-13-4-3-11/h10-11H,3-9H2,1-2H3. The van der Waals surface area contributed by atoms with Gasteiger partial charge in [-0.3, -0.25) is 0 Å². The van der Waals surface area contributed by atoms with E-state index in [2.05, 4.69) is 0 Å². The second-order valence-corrected chi connectivity index (χ2v) is 3.07. The first-order valence-corrected chi connectivity index (χ1v) is 5.18. The Labute approximate surface area is 91.3 Å². The van der Waals surface area contributed by atoms with E-state index in [4.69, 9.17) is 24.1 Å². The Morgan fingerprint density at radius 3 is 2.00 bits per heavy atom. The minimum atomic E-state index is 0.0536. The third kappa shape index (κ3) is 11.7. The summed E-state index contributed by atoms with van der Waals surface area (Å²) in [4.78, 5) is 0. The zero-order valence-electron chi connectivity index (χ0n) is 9.61. The van der Waals surface area contributed by atoms with E-state index < -0.39 is 0 Å². The smallest absolute Gasteiger partial charge is 0.0776 e. The number of hydrogen-bond donors (Lipinski definition) is 1. The van der Waals surface area contributed by atoms with Crippen molar-refractivity contribution in [2.45, 2.75) is 13.0 Å². The Morgan fingerprint density at radius 1 is 0.933 bits per heavy atom. The van der Waals surface area contributed by atoms with E-state index in [1.165, 1.54) is 0 Å². The number of ether oxygens (including phenoxy) is 4. The highest BCUT2D eigenvalue weighted by molar-refractivity contribution is 4.44. The van der Waals surface area contributed by atoms with Crippen LogP contribution in [0.25, 0.3) is 0 Å². The zero-order chi connectivity index (χ0) is 11.4. The monoisotopic (exact) mass is 222 g/mol. The van der Waals surface area contributed by atoms with Crippen molar-refractivity contribution in [3.63, 3.8) is 0 Å².